The van der Waals surface area contributed by atoms with Crippen LogP contribution in [-0.4, -0.2) is 28.5 Å². The number of aromatic nitrogens is 1. The monoisotopic (exact) mass is 413 g/mol. The van der Waals surface area contributed by atoms with Gasteiger partial charge in [0.05, 0.1) is 25.1 Å². The van der Waals surface area contributed by atoms with Crippen LogP contribution in [0.1, 0.15) is 43.4 Å². The van der Waals surface area contributed by atoms with E-state index in [1.807, 2.05) is 54.4 Å². The highest BCUT2D eigenvalue weighted by atomic mass is 16.5. The molecular formula is C26H27N3O2. The third-order valence-electron chi connectivity index (χ3n) is 5.80. The standard InChI is InChI=1S/C26H27N3O2/c1-2-31-22-13-10-20(11-14-22)24-9-5-18-29(24)26(30)15-12-21-19-28(17-6-16-27)25-8-4-3-7-23(21)25/h3-4,7-8,10-15,19,24H,2,5-6,9,17-18H2,1H3/b15-12+. The average molecular weight is 414 g/mol. The number of amides is 1. The van der Waals surface area contributed by atoms with Crippen molar-refractivity contribution in [2.45, 2.75) is 38.8 Å². The van der Waals surface area contributed by atoms with Gasteiger partial charge < -0.3 is 14.2 Å². The van der Waals surface area contributed by atoms with Gasteiger partial charge in [-0.15, -0.1) is 0 Å². The Morgan fingerprint density at radius 1 is 1.23 bits per heavy atom. The first-order valence-corrected chi connectivity index (χ1v) is 10.9. The minimum atomic E-state index is 0.0326. The van der Waals surface area contributed by atoms with Crippen molar-refractivity contribution in [1.29, 1.82) is 5.26 Å². The quantitative estimate of drug-likeness (QED) is 0.492. The summed E-state index contributed by atoms with van der Waals surface area (Å²) in [5.41, 5.74) is 3.23. The van der Waals surface area contributed by atoms with E-state index in [2.05, 4.69) is 28.8 Å². The number of fused-ring (bicyclic) bond motifs is 1. The van der Waals surface area contributed by atoms with E-state index in [0.29, 0.717) is 19.6 Å². The van der Waals surface area contributed by atoms with Crippen molar-refractivity contribution in [3.63, 3.8) is 0 Å². The van der Waals surface area contributed by atoms with E-state index in [4.69, 9.17) is 10.00 Å². The highest BCUT2D eigenvalue weighted by Crippen LogP contribution is 2.33. The Bertz CT molecular complexity index is 1120. The van der Waals surface area contributed by atoms with Crippen LogP contribution in [0.25, 0.3) is 17.0 Å². The molecule has 1 saturated heterocycles. The Morgan fingerprint density at radius 3 is 2.81 bits per heavy atom. The molecule has 3 aromatic rings. The lowest BCUT2D eigenvalue weighted by Crippen LogP contribution is -2.28. The lowest BCUT2D eigenvalue weighted by atomic mass is 10.0. The van der Waals surface area contributed by atoms with Crippen molar-refractivity contribution in [3.8, 4) is 11.8 Å². The fourth-order valence-electron chi connectivity index (χ4n) is 4.35. The first-order valence-electron chi connectivity index (χ1n) is 10.9. The van der Waals surface area contributed by atoms with Crippen molar-refractivity contribution in [3.05, 3.63) is 71.9 Å². The van der Waals surface area contributed by atoms with E-state index in [1.54, 1.807) is 6.08 Å². The molecule has 1 amide bonds. The molecule has 1 aromatic heterocycles. The first-order chi connectivity index (χ1) is 15.2. The molecule has 1 aliphatic heterocycles. The molecule has 1 atom stereocenters. The number of carbonyl (C=O) groups excluding carboxylic acids is 1. The van der Waals surface area contributed by atoms with Crippen LogP contribution in [0.4, 0.5) is 0 Å². The van der Waals surface area contributed by atoms with Gasteiger partial charge in [-0.25, -0.2) is 0 Å². The highest BCUT2D eigenvalue weighted by Gasteiger charge is 2.28. The average Bonchev–Trinajstić information content (AvgIpc) is 3.42. The third-order valence-corrected chi connectivity index (χ3v) is 5.80. The molecule has 0 spiro atoms. The number of nitriles is 1. The molecule has 2 heterocycles. The van der Waals surface area contributed by atoms with Crippen LogP contribution < -0.4 is 4.74 Å². The summed E-state index contributed by atoms with van der Waals surface area (Å²) < 4.78 is 7.62. The van der Waals surface area contributed by atoms with Crippen molar-refractivity contribution >= 4 is 22.9 Å². The maximum Gasteiger partial charge on any atom is 0.247 e. The number of nitrogens with zero attached hydrogens (tertiary/aromatic N) is 3. The summed E-state index contributed by atoms with van der Waals surface area (Å²) in [6.07, 6.45) is 8.05. The predicted octanol–water partition coefficient (Wildman–Crippen LogP) is 5.33. The van der Waals surface area contributed by atoms with Crippen molar-refractivity contribution in [1.82, 2.24) is 9.47 Å². The third kappa shape index (κ3) is 4.49. The smallest absolute Gasteiger partial charge is 0.247 e. The molecule has 4 rings (SSSR count). The van der Waals surface area contributed by atoms with Crippen molar-refractivity contribution in [2.24, 2.45) is 0 Å². The van der Waals surface area contributed by atoms with Gasteiger partial charge in [-0.3, -0.25) is 4.79 Å². The highest BCUT2D eigenvalue weighted by molar-refractivity contribution is 5.96. The van der Waals surface area contributed by atoms with E-state index in [-0.39, 0.29) is 11.9 Å². The molecule has 0 saturated carbocycles. The van der Waals surface area contributed by atoms with E-state index in [9.17, 15) is 4.79 Å². The van der Waals surface area contributed by atoms with Gasteiger partial charge in [0.25, 0.3) is 0 Å². The van der Waals surface area contributed by atoms with Gasteiger partial charge in [0.15, 0.2) is 0 Å². The fraction of sp³-hybridized carbons (Fsp3) is 0.308. The maximum absolute atomic E-state index is 13.1. The van der Waals surface area contributed by atoms with Gasteiger partial charge in [0, 0.05) is 41.8 Å². The normalized spacial score (nSPS) is 16.1. The molecule has 2 aromatic carbocycles. The zero-order valence-electron chi connectivity index (χ0n) is 17.8. The predicted molar refractivity (Wildman–Crippen MR) is 123 cm³/mol. The first kappa shape index (κ1) is 20.7. The molecule has 5 heteroatoms. The molecule has 0 bridgehead atoms. The minimum Gasteiger partial charge on any atom is -0.494 e. The zero-order chi connectivity index (χ0) is 21.6. The summed E-state index contributed by atoms with van der Waals surface area (Å²) >= 11 is 0. The number of ether oxygens (including phenoxy) is 1. The Morgan fingerprint density at radius 2 is 2.03 bits per heavy atom. The second-order valence-electron chi connectivity index (χ2n) is 7.73. The van der Waals surface area contributed by atoms with Gasteiger partial charge in [0.2, 0.25) is 5.91 Å². The largest absolute Gasteiger partial charge is 0.494 e. The van der Waals surface area contributed by atoms with Crippen molar-refractivity contribution in [2.75, 3.05) is 13.2 Å². The second-order valence-corrected chi connectivity index (χ2v) is 7.73. The minimum absolute atomic E-state index is 0.0326. The molecule has 0 aliphatic carbocycles. The molecule has 158 valence electrons. The molecule has 1 unspecified atom stereocenters. The number of hydrogen-bond donors (Lipinski definition) is 0. The number of aryl methyl sites for hydroxylation is 1. The Labute approximate surface area is 183 Å². The molecule has 1 fully saturated rings. The van der Waals surface area contributed by atoms with Crippen LogP contribution in [0.5, 0.6) is 5.75 Å². The summed E-state index contributed by atoms with van der Waals surface area (Å²) in [4.78, 5) is 15.0. The SMILES string of the molecule is CCOc1ccc(C2CCCN2C(=O)/C=C/c2cn(CCC#N)c3ccccc23)cc1. The molecular weight excluding hydrogens is 386 g/mol. The van der Waals surface area contributed by atoms with Crippen molar-refractivity contribution < 1.29 is 9.53 Å². The molecule has 0 radical (unpaired) electrons. The number of rotatable bonds is 7. The van der Waals surface area contributed by atoms with E-state index >= 15 is 0 Å². The van der Waals surface area contributed by atoms with Crippen LogP contribution >= 0.6 is 0 Å². The topological polar surface area (TPSA) is 58.3 Å². The Kier molecular flexibility index (Phi) is 6.37. The number of hydrogen-bond acceptors (Lipinski definition) is 3. The molecule has 1 aliphatic rings. The number of para-hydroxylation sites is 1. The van der Waals surface area contributed by atoms with E-state index < -0.39 is 0 Å². The second kappa shape index (κ2) is 9.53. The Balaban J connectivity index is 1.53. The number of likely N-dealkylation sites (tertiary alicyclic amines) is 1. The lowest BCUT2D eigenvalue weighted by Gasteiger charge is -2.24. The van der Waals surface area contributed by atoms with Crippen LogP contribution in [0.2, 0.25) is 0 Å². The van der Waals surface area contributed by atoms with Crippen LogP contribution in [0, 0.1) is 11.3 Å². The van der Waals surface area contributed by atoms with Gasteiger partial charge in [-0.2, -0.15) is 5.26 Å². The lowest BCUT2D eigenvalue weighted by molar-refractivity contribution is -0.126. The van der Waals surface area contributed by atoms with Crippen LogP contribution in [-0.2, 0) is 11.3 Å². The van der Waals surface area contributed by atoms with Crippen LogP contribution in [0.3, 0.4) is 0 Å². The van der Waals surface area contributed by atoms with Crippen LogP contribution in [0.15, 0.2) is 60.8 Å². The van der Waals surface area contributed by atoms with Gasteiger partial charge >= 0.3 is 0 Å². The maximum atomic E-state index is 13.1. The Hall–Kier alpha value is -3.52. The number of benzene rings is 2. The summed E-state index contributed by atoms with van der Waals surface area (Å²) in [6, 6.07) is 18.5. The summed E-state index contributed by atoms with van der Waals surface area (Å²) in [5, 5.41) is 10.0. The van der Waals surface area contributed by atoms with E-state index in [0.717, 1.165) is 47.2 Å². The fourth-order valence-corrected chi connectivity index (χ4v) is 4.35. The summed E-state index contributed by atoms with van der Waals surface area (Å²) in [6.45, 7) is 4.03. The summed E-state index contributed by atoms with van der Waals surface area (Å²) in [7, 11) is 0. The molecule has 5 nitrogen and oxygen atoms in total. The zero-order valence-corrected chi connectivity index (χ0v) is 17.8. The molecule has 31 heavy (non-hydrogen) atoms. The van der Waals surface area contributed by atoms with Gasteiger partial charge in [-0.1, -0.05) is 30.3 Å². The van der Waals surface area contributed by atoms with E-state index in [1.165, 1.54) is 0 Å². The van der Waals surface area contributed by atoms with Gasteiger partial charge in [-0.05, 0) is 49.6 Å². The molecule has 0 N–H and O–H groups in total. The van der Waals surface area contributed by atoms with Gasteiger partial charge in [0.1, 0.15) is 5.75 Å². The number of carbonyl (C=O) groups is 1. The summed E-state index contributed by atoms with van der Waals surface area (Å²) in [5.74, 6) is 0.889.